The second-order valence-corrected chi connectivity index (χ2v) is 9.70. The first-order valence-electron chi connectivity index (χ1n) is 9.56. The molecule has 1 aromatic rings. The van der Waals surface area contributed by atoms with E-state index in [9.17, 15) is 15.0 Å². The maximum Gasteiger partial charge on any atom is 0.303 e. The van der Waals surface area contributed by atoms with Gasteiger partial charge in [-0.25, -0.2) is 0 Å². The average Bonchev–Trinajstić information content (AvgIpc) is 3.20. The summed E-state index contributed by atoms with van der Waals surface area (Å²) >= 11 is 3.42. The van der Waals surface area contributed by atoms with E-state index in [1.165, 1.54) is 9.09 Å². The summed E-state index contributed by atoms with van der Waals surface area (Å²) in [6, 6.07) is 4.18. The van der Waals surface area contributed by atoms with Crippen LogP contribution in [0.3, 0.4) is 0 Å². The Hall–Kier alpha value is -1.08. The number of aryl methyl sites for hydroxylation is 1. The SMILES string of the molecule is Cc1ccc(SC[C@H](O)/C=C/[C@H]2CCC(O)[C@@H]2C/C=C\CCCC(=O)O)s1. The van der Waals surface area contributed by atoms with Crippen LogP contribution in [0.1, 0.15) is 43.4 Å². The summed E-state index contributed by atoms with van der Waals surface area (Å²) in [5.74, 6) is 0.342. The Kier molecular flexibility index (Phi) is 9.62. The lowest BCUT2D eigenvalue weighted by molar-refractivity contribution is -0.137. The lowest BCUT2D eigenvalue weighted by Gasteiger charge is -2.18. The Labute approximate surface area is 170 Å². The molecule has 1 aliphatic carbocycles. The quantitative estimate of drug-likeness (QED) is 0.281. The van der Waals surface area contributed by atoms with Crippen molar-refractivity contribution >= 4 is 29.1 Å². The third-order valence-electron chi connectivity index (χ3n) is 4.87. The molecule has 1 fully saturated rings. The normalized spacial score (nSPS) is 24.2. The number of carbonyl (C=O) groups is 1. The van der Waals surface area contributed by atoms with Gasteiger partial charge in [0.2, 0.25) is 0 Å². The monoisotopic (exact) mass is 410 g/mol. The van der Waals surface area contributed by atoms with Crippen molar-refractivity contribution in [1.29, 1.82) is 0 Å². The van der Waals surface area contributed by atoms with Crippen LogP contribution in [0.4, 0.5) is 0 Å². The number of unbranched alkanes of at least 4 members (excludes halogenated alkanes) is 1. The predicted octanol–water partition coefficient (Wildman–Crippen LogP) is 4.65. The summed E-state index contributed by atoms with van der Waals surface area (Å²) in [5.41, 5.74) is 0. The van der Waals surface area contributed by atoms with Crippen LogP contribution in [-0.4, -0.2) is 39.2 Å². The summed E-state index contributed by atoms with van der Waals surface area (Å²) in [6.07, 6.45) is 11.4. The van der Waals surface area contributed by atoms with Crippen molar-refractivity contribution in [3.63, 3.8) is 0 Å². The molecule has 150 valence electrons. The van der Waals surface area contributed by atoms with Crippen molar-refractivity contribution in [2.24, 2.45) is 11.8 Å². The molecule has 0 bridgehead atoms. The van der Waals surface area contributed by atoms with Gasteiger partial charge in [-0.15, -0.1) is 23.1 Å². The van der Waals surface area contributed by atoms with E-state index >= 15 is 0 Å². The molecular weight excluding hydrogens is 380 g/mol. The van der Waals surface area contributed by atoms with E-state index < -0.39 is 12.1 Å². The van der Waals surface area contributed by atoms with Crippen molar-refractivity contribution in [1.82, 2.24) is 0 Å². The molecule has 4 nitrogen and oxygen atoms in total. The number of aliphatic carboxylic acids is 1. The maximum atomic E-state index is 10.5. The van der Waals surface area contributed by atoms with E-state index in [-0.39, 0.29) is 24.4 Å². The van der Waals surface area contributed by atoms with Crippen molar-refractivity contribution in [2.75, 3.05) is 5.75 Å². The highest BCUT2D eigenvalue weighted by Crippen LogP contribution is 2.36. The van der Waals surface area contributed by atoms with Crippen LogP contribution in [0.5, 0.6) is 0 Å². The van der Waals surface area contributed by atoms with Crippen LogP contribution >= 0.6 is 23.1 Å². The molecule has 1 saturated carbocycles. The third kappa shape index (κ3) is 8.21. The zero-order chi connectivity index (χ0) is 19.6. The molecule has 27 heavy (non-hydrogen) atoms. The number of allylic oxidation sites excluding steroid dienone is 3. The van der Waals surface area contributed by atoms with Crippen LogP contribution in [0.25, 0.3) is 0 Å². The second-order valence-electron chi connectivity index (χ2n) is 7.09. The van der Waals surface area contributed by atoms with Crippen molar-refractivity contribution in [3.05, 3.63) is 41.3 Å². The van der Waals surface area contributed by atoms with E-state index in [4.69, 9.17) is 5.11 Å². The minimum absolute atomic E-state index is 0.178. The maximum absolute atomic E-state index is 10.5. The summed E-state index contributed by atoms with van der Waals surface area (Å²) in [6.45, 7) is 2.08. The Morgan fingerprint density at radius 1 is 1.37 bits per heavy atom. The Balaban J connectivity index is 1.74. The van der Waals surface area contributed by atoms with E-state index in [1.807, 2.05) is 12.2 Å². The average molecular weight is 411 g/mol. The molecular formula is C21H30O4S2. The highest BCUT2D eigenvalue weighted by molar-refractivity contribution is 8.01. The molecule has 1 aromatic heterocycles. The number of rotatable bonds is 11. The predicted molar refractivity (Wildman–Crippen MR) is 112 cm³/mol. The fraction of sp³-hybridized carbons (Fsp3) is 0.571. The molecule has 1 aliphatic rings. The molecule has 0 aliphatic heterocycles. The second kappa shape index (κ2) is 11.7. The van der Waals surface area contributed by atoms with Gasteiger partial charge in [0, 0.05) is 17.1 Å². The standard InChI is InChI=1S/C21H30O4S2/c1-15-8-13-21(27-15)26-14-17(22)11-9-16-10-12-19(23)18(16)6-4-2-3-5-7-20(24)25/h2,4,8-9,11,13,16-19,22-23H,3,5-7,10,12,14H2,1H3,(H,24,25)/b4-2-,11-9+/t16-,17+,18+,19?/m0/s1. The van der Waals surface area contributed by atoms with E-state index in [2.05, 4.69) is 31.2 Å². The van der Waals surface area contributed by atoms with Gasteiger partial charge in [0.1, 0.15) is 0 Å². The molecule has 3 N–H and O–H groups in total. The van der Waals surface area contributed by atoms with Gasteiger partial charge in [0.25, 0.3) is 0 Å². The Morgan fingerprint density at radius 3 is 2.89 bits per heavy atom. The lowest BCUT2D eigenvalue weighted by Crippen LogP contribution is -2.18. The molecule has 0 spiro atoms. The third-order valence-corrected chi connectivity index (χ3v) is 7.20. The molecule has 0 aromatic carbocycles. The first-order chi connectivity index (χ1) is 13.0. The van der Waals surface area contributed by atoms with Crippen LogP contribution in [0, 0.1) is 18.8 Å². The number of thioether (sulfide) groups is 1. The van der Waals surface area contributed by atoms with E-state index in [0.29, 0.717) is 12.2 Å². The molecule has 0 amide bonds. The van der Waals surface area contributed by atoms with E-state index in [1.54, 1.807) is 23.1 Å². The molecule has 6 heteroatoms. The van der Waals surface area contributed by atoms with Crippen molar-refractivity contribution < 1.29 is 20.1 Å². The smallest absolute Gasteiger partial charge is 0.303 e. The molecule has 4 atom stereocenters. The van der Waals surface area contributed by atoms with Gasteiger partial charge in [-0.3, -0.25) is 4.79 Å². The molecule has 2 rings (SSSR count). The highest BCUT2D eigenvalue weighted by atomic mass is 32.2. The van der Waals surface area contributed by atoms with Gasteiger partial charge in [0.15, 0.2) is 0 Å². The van der Waals surface area contributed by atoms with Gasteiger partial charge in [-0.05, 0) is 63.0 Å². The summed E-state index contributed by atoms with van der Waals surface area (Å²) < 4.78 is 1.22. The van der Waals surface area contributed by atoms with Gasteiger partial charge in [-0.1, -0.05) is 24.3 Å². The van der Waals surface area contributed by atoms with Crippen LogP contribution in [0.15, 0.2) is 40.6 Å². The van der Waals surface area contributed by atoms with Crippen LogP contribution in [0.2, 0.25) is 0 Å². The number of carboxylic acid groups (broad SMARTS) is 1. The topological polar surface area (TPSA) is 77.8 Å². The zero-order valence-electron chi connectivity index (χ0n) is 15.8. The summed E-state index contributed by atoms with van der Waals surface area (Å²) in [5, 5.41) is 29.1. The first-order valence-corrected chi connectivity index (χ1v) is 11.4. The van der Waals surface area contributed by atoms with Gasteiger partial charge in [-0.2, -0.15) is 0 Å². The minimum atomic E-state index is -0.759. The van der Waals surface area contributed by atoms with Gasteiger partial charge < -0.3 is 15.3 Å². The van der Waals surface area contributed by atoms with Crippen molar-refractivity contribution in [2.45, 2.75) is 61.9 Å². The fourth-order valence-corrected chi connectivity index (χ4v) is 5.41. The van der Waals surface area contributed by atoms with Crippen molar-refractivity contribution in [3.8, 4) is 0 Å². The molecule has 0 radical (unpaired) electrons. The number of hydrogen-bond donors (Lipinski definition) is 3. The van der Waals surface area contributed by atoms with Crippen LogP contribution in [-0.2, 0) is 4.79 Å². The number of hydrogen-bond acceptors (Lipinski definition) is 5. The largest absolute Gasteiger partial charge is 0.481 e. The molecule has 1 unspecified atom stereocenters. The number of carboxylic acids is 1. The highest BCUT2D eigenvalue weighted by Gasteiger charge is 2.32. The first kappa shape index (κ1) is 22.2. The number of aliphatic hydroxyl groups excluding tert-OH is 2. The van der Waals surface area contributed by atoms with Gasteiger partial charge >= 0.3 is 5.97 Å². The summed E-state index contributed by atoms with van der Waals surface area (Å²) in [4.78, 5) is 11.8. The number of thiophene rings is 1. The van der Waals surface area contributed by atoms with Crippen LogP contribution < -0.4 is 0 Å². The zero-order valence-corrected chi connectivity index (χ0v) is 17.4. The molecule has 0 saturated heterocycles. The summed E-state index contributed by atoms with van der Waals surface area (Å²) in [7, 11) is 0. The lowest BCUT2D eigenvalue weighted by atomic mass is 9.90. The Bertz CT molecular complexity index is 638. The molecule has 1 heterocycles. The fourth-order valence-electron chi connectivity index (χ4n) is 3.37. The van der Waals surface area contributed by atoms with Gasteiger partial charge in [0.05, 0.1) is 16.4 Å². The Morgan fingerprint density at radius 2 is 2.19 bits per heavy atom. The number of aliphatic hydroxyl groups is 2. The minimum Gasteiger partial charge on any atom is -0.481 e. The van der Waals surface area contributed by atoms with E-state index in [0.717, 1.165) is 25.7 Å².